The van der Waals surface area contributed by atoms with E-state index >= 15 is 0 Å². The van der Waals surface area contributed by atoms with E-state index < -0.39 is 0 Å². The molecule has 0 aliphatic heterocycles. The molecule has 0 spiro atoms. The van der Waals surface area contributed by atoms with Gasteiger partial charge in [0.1, 0.15) is 5.01 Å². The lowest BCUT2D eigenvalue weighted by Gasteiger charge is -2.03. The molecule has 100 valence electrons. The number of aromatic nitrogens is 1. The molecule has 3 rings (SSSR count). The standard InChI is InChI=1S/C15H18N2OS/c1-18-10-14-17-15(11-5-3-2-4-6-11)13(19-14)9-16-12-7-8-12/h2-6,12,16H,7-10H2,1H3. The van der Waals surface area contributed by atoms with Crippen molar-refractivity contribution in [2.75, 3.05) is 7.11 Å². The summed E-state index contributed by atoms with van der Waals surface area (Å²) in [5, 5.41) is 4.62. The van der Waals surface area contributed by atoms with Gasteiger partial charge < -0.3 is 10.1 Å². The van der Waals surface area contributed by atoms with E-state index in [0.29, 0.717) is 6.61 Å². The fourth-order valence-corrected chi connectivity index (χ4v) is 3.07. The van der Waals surface area contributed by atoms with Crippen molar-refractivity contribution in [1.29, 1.82) is 0 Å². The summed E-state index contributed by atoms with van der Waals surface area (Å²) in [6.45, 7) is 1.50. The Morgan fingerprint density at radius 3 is 2.79 bits per heavy atom. The number of hydrogen-bond acceptors (Lipinski definition) is 4. The molecular formula is C15H18N2OS. The molecule has 0 atom stereocenters. The van der Waals surface area contributed by atoms with Crippen LogP contribution in [0, 0.1) is 0 Å². The van der Waals surface area contributed by atoms with Gasteiger partial charge in [-0.25, -0.2) is 4.98 Å². The number of rotatable bonds is 6. The van der Waals surface area contributed by atoms with Crippen LogP contribution in [0.2, 0.25) is 0 Å². The third-order valence-corrected chi connectivity index (χ3v) is 4.21. The third kappa shape index (κ3) is 3.21. The SMILES string of the molecule is COCc1nc(-c2ccccc2)c(CNC2CC2)s1. The third-order valence-electron chi connectivity index (χ3n) is 3.19. The van der Waals surface area contributed by atoms with Crippen molar-refractivity contribution in [3.63, 3.8) is 0 Å². The second-order valence-corrected chi connectivity index (χ2v) is 6.00. The fourth-order valence-electron chi connectivity index (χ4n) is 2.05. The molecule has 0 radical (unpaired) electrons. The predicted molar refractivity (Wildman–Crippen MR) is 78.1 cm³/mol. The number of nitrogens with zero attached hydrogens (tertiary/aromatic N) is 1. The first-order chi connectivity index (χ1) is 9.36. The minimum absolute atomic E-state index is 0.591. The molecule has 1 fully saturated rings. The van der Waals surface area contributed by atoms with E-state index in [1.54, 1.807) is 18.4 Å². The Bertz CT molecular complexity index is 534. The lowest BCUT2D eigenvalue weighted by atomic mass is 10.1. The van der Waals surface area contributed by atoms with E-state index in [2.05, 4.69) is 29.6 Å². The van der Waals surface area contributed by atoms with E-state index in [9.17, 15) is 0 Å². The number of methoxy groups -OCH3 is 1. The van der Waals surface area contributed by atoms with E-state index in [1.807, 2.05) is 6.07 Å². The molecule has 1 heterocycles. The molecule has 0 unspecified atom stereocenters. The number of ether oxygens (including phenoxy) is 1. The van der Waals surface area contributed by atoms with Gasteiger partial charge in [-0.15, -0.1) is 11.3 Å². The zero-order valence-corrected chi connectivity index (χ0v) is 11.9. The monoisotopic (exact) mass is 274 g/mol. The van der Waals surface area contributed by atoms with Crippen LogP contribution in [-0.2, 0) is 17.9 Å². The molecular weight excluding hydrogens is 256 g/mol. The van der Waals surface area contributed by atoms with Gasteiger partial charge in [-0.05, 0) is 12.8 Å². The van der Waals surface area contributed by atoms with Gasteiger partial charge in [0, 0.05) is 30.1 Å². The molecule has 1 N–H and O–H groups in total. The van der Waals surface area contributed by atoms with E-state index in [0.717, 1.165) is 23.3 Å². The highest BCUT2D eigenvalue weighted by molar-refractivity contribution is 7.12. The van der Waals surface area contributed by atoms with Crippen molar-refractivity contribution in [3.05, 3.63) is 40.2 Å². The summed E-state index contributed by atoms with van der Waals surface area (Å²) in [4.78, 5) is 6.03. The smallest absolute Gasteiger partial charge is 0.119 e. The van der Waals surface area contributed by atoms with Crippen LogP contribution < -0.4 is 5.32 Å². The number of benzene rings is 1. The molecule has 0 bridgehead atoms. The summed E-state index contributed by atoms with van der Waals surface area (Å²) in [5.74, 6) is 0. The summed E-state index contributed by atoms with van der Waals surface area (Å²) < 4.78 is 5.20. The van der Waals surface area contributed by atoms with Crippen LogP contribution >= 0.6 is 11.3 Å². The second-order valence-electron chi connectivity index (χ2n) is 4.83. The van der Waals surface area contributed by atoms with Gasteiger partial charge in [0.15, 0.2) is 0 Å². The summed E-state index contributed by atoms with van der Waals surface area (Å²) >= 11 is 1.75. The van der Waals surface area contributed by atoms with Crippen molar-refractivity contribution in [2.45, 2.75) is 32.0 Å². The number of thiazole rings is 1. The van der Waals surface area contributed by atoms with Crippen LogP contribution in [0.5, 0.6) is 0 Å². The zero-order valence-electron chi connectivity index (χ0n) is 11.1. The Labute approximate surface area is 117 Å². The summed E-state index contributed by atoms with van der Waals surface area (Å²) in [5.41, 5.74) is 2.29. The highest BCUT2D eigenvalue weighted by Gasteiger charge is 2.21. The molecule has 2 aromatic rings. The van der Waals surface area contributed by atoms with Gasteiger partial charge in [-0.1, -0.05) is 30.3 Å². The second kappa shape index (κ2) is 5.82. The Balaban J connectivity index is 1.86. The molecule has 0 saturated heterocycles. The van der Waals surface area contributed by atoms with Crippen LogP contribution in [-0.4, -0.2) is 18.1 Å². The number of nitrogens with one attached hydrogen (secondary N) is 1. The maximum absolute atomic E-state index is 5.20. The van der Waals surface area contributed by atoms with Gasteiger partial charge in [0.25, 0.3) is 0 Å². The van der Waals surface area contributed by atoms with Crippen molar-refractivity contribution in [2.24, 2.45) is 0 Å². The Morgan fingerprint density at radius 2 is 2.11 bits per heavy atom. The van der Waals surface area contributed by atoms with Crippen LogP contribution in [0.15, 0.2) is 30.3 Å². The summed E-state index contributed by atoms with van der Waals surface area (Å²) in [6.07, 6.45) is 2.62. The van der Waals surface area contributed by atoms with Crippen LogP contribution in [0.1, 0.15) is 22.7 Å². The van der Waals surface area contributed by atoms with E-state index in [-0.39, 0.29) is 0 Å². The topological polar surface area (TPSA) is 34.1 Å². The molecule has 0 amide bonds. The first kappa shape index (κ1) is 12.8. The van der Waals surface area contributed by atoms with E-state index in [1.165, 1.54) is 23.3 Å². The van der Waals surface area contributed by atoms with E-state index in [4.69, 9.17) is 9.72 Å². The number of hydrogen-bond donors (Lipinski definition) is 1. The maximum atomic E-state index is 5.20. The molecule has 1 aromatic carbocycles. The summed E-state index contributed by atoms with van der Waals surface area (Å²) in [7, 11) is 1.71. The van der Waals surface area contributed by atoms with Crippen LogP contribution in [0.3, 0.4) is 0 Å². The van der Waals surface area contributed by atoms with Gasteiger partial charge in [-0.3, -0.25) is 0 Å². The van der Waals surface area contributed by atoms with Gasteiger partial charge in [0.2, 0.25) is 0 Å². The van der Waals surface area contributed by atoms with Gasteiger partial charge in [-0.2, -0.15) is 0 Å². The van der Waals surface area contributed by atoms with Gasteiger partial charge >= 0.3 is 0 Å². The molecule has 1 aliphatic carbocycles. The average molecular weight is 274 g/mol. The first-order valence-corrected chi connectivity index (χ1v) is 7.45. The van der Waals surface area contributed by atoms with Crippen molar-refractivity contribution in [3.8, 4) is 11.3 Å². The summed E-state index contributed by atoms with van der Waals surface area (Å²) in [6, 6.07) is 11.1. The molecule has 1 aliphatic rings. The van der Waals surface area contributed by atoms with Crippen molar-refractivity contribution in [1.82, 2.24) is 10.3 Å². The highest BCUT2D eigenvalue weighted by Crippen LogP contribution is 2.29. The first-order valence-electron chi connectivity index (χ1n) is 6.63. The molecule has 3 nitrogen and oxygen atoms in total. The lowest BCUT2D eigenvalue weighted by Crippen LogP contribution is -2.14. The predicted octanol–water partition coefficient (Wildman–Crippen LogP) is 3.21. The highest BCUT2D eigenvalue weighted by atomic mass is 32.1. The lowest BCUT2D eigenvalue weighted by molar-refractivity contribution is 0.184. The van der Waals surface area contributed by atoms with Gasteiger partial charge in [0.05, 0.1) is 12.3 Å². The molecule has 1 aromatic heterocycles. The Hall–Kier alpha value is -1.23. The maximum Gasteiger partial charge on any atom is 0.119 e. The Morgan fingerprint density at radius 1 is 1.32 bits per heavy atom. The quantitative estimate of drug-likeness (QED) is 0.878. The minimum Gasteiger partial charge on any atom is -0.378 e. The van der Waals surface area contributed by atoms with Crippen molar-refractivity contribution < 1.29 is 4.74 Å². The van der Waals surface area contributed by atoms with Crippen molar-refractivity contribution >= 4 is 11.3 Å². The van der Waals surface area contributed by atoms with Crippen LogP contribution in [0.4, 0.5) is 0 Å². The molecule has 1 saturated carbocycles. The van der Waals surface area contributed by atoms with Crippen LogP contribution in [0.25, 0.3) is 11.3 Å². The largest absolute Gasteiger partial charge is 0.378 e. The molecule has 19 heavy (non-hydrogen) atoms. The fraction of sp³-hybridized carbons (Fsp3) is 0.400. The average Bonchev–Trinajstić information content (AvgIpc) is 3.19. The Kier molecular flexibility index (Phi) is 3.92. The minimum atomic E-state index is 0.591. The molecule has 4 heteroatoms. The normalized spacial score (nSPS) is 14.8. The zero-order chi connectivity index (χ0) is 13.1.